The molecule has 0 aromatic carbocycles. The van der Waals surface area contributed by atoms with Gasteiger partial charge in [0.1, 0.15) is 0 Å². The van der Waals surface area contributed by atoms with Gasteiger partial charge in [-0.25, -0.2) is 0 Å². The molecule has 3 rings (SSSR count). The van der Waals surface area contributed by atoms with Crippen molar-refractivity contribution in [3.63, 3.8) is 0 Å². The van der Waals surface area contributed by atoms with E-state index >= 15 is 0 Å². The molecule has 0 radical (unpaired) electrons. The second kappa shape index (κ2) is 4.92. The van der Waals surface area contributed by atoms with Gasteiger partial charge in [0.2, 0.25) is 0 Å². The van der Waals surface area contributed by atoms with Crippen LogP contribution < -0.4 is 5.32 Å². The molecule has 1 aliphatic carbocycles. The predicted molar refractivity (Wildman–Crippen MR) is 75.9 cm³/mol. The molecule has 3 heteroatoms. The van der Waals surface area contributed by atoms with Crippen molar-refractivity contribution in [3.8, 4) is 0 Å². The zero-order chi connectivity index (χ0) is 11.7. The van der Waals surface area contributed by atoms with Crippen molar-refractivity contribution in [1.29, 1.82) is 0 Å². The SMILES string of the molecule is CC(NC1CCCc2sccc21)c1ccsc1. The quantitative estimate of drug-likeness (QED) is 0.857. The molecule has 17 heavy (non-hydrogen) atoms. The first-order valence-corrected chi connectivity index (χ1v) is 8.01. The summed E-state index contributed by atoms with van der Waals surface area (Å²) in [6, 6.07) is 5.54. The molecular formula is C14H17NS2. The van der Waals surface area contributed by atoms with Crippen LogP contribution in [0.2, 0.25) is 0 Å². The Morgan fingerprint density at radius 3 is 3.12 bits per heavy atom. The molecule has 2 aromatic heterocycles. The van der Waals surface area contributed by atoms with Gasteiger partial charge in [-0.3, -0.25) is 0 Å². The normalized spacial score (nSPS) is 21.1. The van der Waals surface area contributed by atoms with E-state index < -0.39 is 0 Å². The van der Waals surface area contributed by atoms with E-state index in [2.05, 4.69) is 40.5 Å². The van der Waals surface area contributed by atoms with Crippen molar-refractivity contribution in [2.24, 2.45) is 0 Å². The molecule has 0 fully saturated rings. The van der Waals surface area contributed by atoms with Crippen LogP contribution in [0.25, 0.3) is 0 Å². The molecule has 0 aliphatic heterocycles. The van der Waals surface area contributed by atoms with Crippen LogP contribution in [0.3, 0.4) is 0 Å². The van der Waals surface area contributed by atoms with E-state index in [-0.39, 0.29) is 0 Å². The molecule has 1 aliphatic rings. The van der Waals surface area contributed by atoms with E-state index in [4.69, 9.17) is 0 Å². The number of aryl methyl sites for hydroxylation is 1. The second-order valence-electron chi connectivity index (χ2n) is 4.69. The summed E-state index contributed by atoms with van der Waals surface area (Å²) in [6.07, 6.45) is 3.87. The van der Waals surface area contributed by atoms with Crippen molar-refractivity contribution >= 4 is 22.7 Å². The van der Waals surface area contributed by atoms with Crippen LogP contribution in [0.1, 0.15) is 47.9 Å². The molecule has 90 valence electrons. The molecule has 0 saturated carbocycles. The average Bonchev–Trinajstić information content (AvgIpc) is 3.00. The Hall–Kier alpha value is -0.640. The smallest absolute Gasteiger partial charge is 0.0336 e. The van der Waals surface area contributed by atoms with Gasteiger partial charge in [-0.05, 0) is 65.6 Å². The van der Waals surface area contributed by atoms with Crippen LogP contribution in [0.4, 0.5) is 0 Å². The molecule has 0 amide bonds. The van der Waals surface area contributed by atoms with Gasteiger partial charge < -0.3 is 5.32 Å². The summed E-state index contributed by atoms with van der Waals surface area (Å²) in [6.45, 7) is 2.27. The number of hydrogen-bond donors (Lipinski definition) is 1. The maximum absolute atomic E-state index is 3.78. The summed E-state index contributed by atoms with van der Waals surface area (Å²) in [5.74, 6) is 0. The van der Waals surface area contributed by atoms with Crippen molar-refractivity contribution < 1.29 is 0 Å². The molecule has 2 atom stereocenters. The van der Waals surface area contributed by atoms with Gasteiger partial charge in [-0.2, -0.15) is 11.3 Å². The predicted octanol–water partition coefficient (Wildman–Crippen LogP) is 4.54. The molecule has 2 unspecified atom stereocenters. The monoisotopic (exact) mass is 263 g/mol. The van der Waals surface area contributed by atoms with E-state index in [0.717, 1.165) is 0 Å². The van der Waals surface area contributed by atoms with E-state index in [1.807, 2.05) is 11.3 Å². The Morgan fingerprint density at radius 2 is 2.29 bits per heavy atom. The summed E-state index contributed by atoms with van der Waals surface area (Å²) in [7, 11) is 0. The summed E-state index contributed by atoms with van der Waals surface area (Å²) in [4.78, 5) is 1.59. The third kappa shape index (κ3) is 2.32. The number of hydrogen-bond acceptors (Lipinski definition) is 3. The van der Waals surface area contributed by atoms with Crippen LogP contribution in [0, 0.1) is 0 Å². The fraction of sp³-hybridized carbons (Fsp3) is 0.429. The molecule has 0 bridgehead atoms. The Balaban J connectivity index is 1.75. The van der Waals surface area contributed by atoms with Crippen LogP contribution in [-0.2, 0) is 6.42 Å². The van der Waals surface area contributed by atoms with Gasteiger partial charge in [0, 0.05) is 17.0 Å². The van der Waals surface area contributed by atoms with Gasteiger partial charge in [0.15, 0.2) is 0 Å². The lowest BCUT2D eigenvalue weighted by molar-refractivity contribution is 0.419. The van der Waals surface area contributed by atoms with Gasteiger partial charge in [0.05, 0.1) is 0 Å². The minimum absolute atomic E-state index is 0.456. The number of rotatable bonds is 3. The second-order valence-corrected chi connectivity index (χ2v) is 6.47. The van der Waals surface area contributed by atoms with Crippen LogP contribution >= 0.6 is 22.7 Å². The third-order valence-electron chi connectivity index (χ3n) is 3.55. The molecule has 0 spiro atoms. The summed E-state index contributed by atoms with van der Waals surface area (Å²) in [5.41, 5.74) is 2.96. The Bertz CT molecular complexity index is 472. The summed E-state index contributed by atoms with van der Waals surface area (Å²) < 4.78 is 0. The topological polar surface area (TPSA) is 12.0 Å². The largest absolute Gasteiger partial charge is 0.303 e. The first-order valence-electron chi connectivity index (χ1n) is 6.19. The van der Waals surface area contributed by atoms with Crippen molar-refractivity contribution in [3.05, 3.63) is 44.3 Å². The Kier molecular flexibility index (Phi) is 3.32. The highest BCUT2D eigenvalue weighted by atomic mass is 32.1. The lowest BCUT2D eigenvalue weighted by atomic mass is 9.93. The lowest BCUT2D eigenvalue weighted by Gasteiger charge is -2.27. The summed E-state index contributed by atoms with van der Waals surface area (Å²) in [5, 5.41) is 10.4. The van der Waals surface area contributed by atoms with E-state index in [1.165, 1.54) is 24.8 Å². The van der Waals surface area contributed by atoms with Gasteiger partial charge in [0.25, 0.3) is 0 Å². The fourth-order valence-corrected chi connectivity index (χ4v) is 4.32. The van der Waals surface area contributed by atoms with Crippen molar-refractivity contribution in [2.45, 2.75) is 38.3 Å². The first kappa shape index (κ1) is 11.5. The van der Waals surface area contributed by atoms with E-state index in [9.17, 15) is 0 Å². The maximum Gasteiger partial charge on any atom is 0.0336 e. The number of fused-ring (bicyclic) bond motifs is 1. The van der Waals surface area contributed by atoms with Gasteiger partial charge in [-0.1, -0.05) is 0 Å². The van der Waals surface area contributed by atoms with Gasteiger partial charge >= 0.3 is 0 Å². The van der Waals surface area contributed by atoms with Crippen LogP contribution in [0.15, 0.2) is 28.3 Å². The molecule has 1 nitrogen and oxygen atoms in total. The zero-order valence-corrected chi connectivity index (χ0v) is 11.6. The highest BCUT2D eigenvalue weighted by molar-refractivity contribution is 7.10. The van der Waals surface area contributed by atoms with Gasteiger partial charge in [-0.15, -0.1) is 11.3 Å². The fourth-order valence-electron chi connectivity index (χ4n) is 2.58. The van der Waals surface area contributed by atoms with Crippen molar-refractivity contribution in [2.75, 3.05) is 0 Å². The van der Waals surface area contributed by atoms with Crippen molar-refractivity contribution in [1.82, 2.24) is 5.32 Å². The molecule has 2 aromatic rings. The zero-order valence-electron chi connectivity index (χ0n) is 9.98. The van der Waals surface area contributed by atoms with Crippen LogP contribution in [0.5, 0.6) is 0 Å². The standard InChI is InChI=1S/C14H17NS2/c1-10(11-5-7-16-9-11)15-13-3-2-4-14-12(13)6-8-17-14/h5-10,13,15H,2-4H2,1H3. The van der Waals surface area contributed by atoms with E-state index in [1.54, 1.807) is 21.8 Å². The molecule has 0 saturated heterocycles. The van der Waals surface area contributed by atoms with Crippen LogP contribution in [-0.4, -0.2) is 0 Å². The number of thiophene rings is 2. The minimum atomic E-state index is 0.456. The highest BCUT2D eigenvalue weighted by Crippen LogP contribution is 2.34. The summed E-state index contributed by atoms with van der Waals surface area (Å²) >= 11 is 3.70. The Labute approximate surface area is 111 Å². The van der Waals surface area contributed by atoms with E-state index in [0.29, 0.717) is 12.1 Å². The molecule has 2 heterocycles. The number of nitrogens with one attached hydrogen (secondary N) is 1. The average molecular weight is 263 g/mol. The molecular weight excluding hydrogens is 246 g/mol. The maximum atomic E-state index is 3.78. The lowest BCUT2D eigenvalue weighted by Crippen LogP contribution is -2.26. The Morgan fingerprint density at radius 1 is 1.35 bits per heavy atom. The first-order chi connectivity index (χ1) is 8.34. The minimum Gasteiger partial charge on any atom is -0.303 e. The highest BCUT2D eigenvalue weighted by Gasteiger charge is 2.22. The third-order valence-corrected chi connectivity index (χ3v) is 5.24. The molecule has 1 N–H and O–H groups in total.